The molecule has 6 heteroatoms. The molecule has 1 aliphatic rings. The van der Waals surface area contributed by atoms with Crippen molar-refractivity contribution >= 4 is 39.1 Å². The molecule has 20 heavy (non-hydrogen) atoms. The summed E-state index contributed by atoms with van der Waals surface area (Å²) in [6.45, 7) is 4.63. The fourth-order valence-corrected chi connectivity index (χ4v) is 3.96. The standard InChI is InChI=1S/C14H19BrN2O2S/c1-3-9(4-2)17-13(18)7-11(14(17)19)16-8-12-10(15)5-6-20-12/h5-6,9,11,16H,3-4,7-8H2,1-2H3. The van der Waals surface area contributed by atoms with Crippen molar-refractivity contribution in [2.24, 2.45) is 0 Å². The Bertz CT molecular complexity index is 499. The van der Waals surface area contributed by atoms with Crippen molar-refractivity contribution in [1.82, 2.24) is 10.2 Å². The summed E-state index contributed by atoms with van der Waals surface area (Å²) in [5.41, 5.74) is 0. The van der Waals surface area contributed by atoms with Crippen LogP contribution >= 0.6 is 27.3 Å². The van der Waals surface area contributed by atoms with E-state index in [1.54, 1.807) is 11.3 Å². The van der Waals surface area contributed by atoms with Gasteiger partial charge in [-0.2, -0.15) is 0 Å². The van der Waals surface area contributed by atoms with Gasteiger partial charge in [-0.1, -0.05) is 13.8 Å². The molecule has 1 aromatic rings. The molecule has 1 atom stereocenters. The molecule has 2 amide bonds. The molecule has 0 aromatic carbocycles. The highest BCUT2D eigenvalue weighted by Crippen LogP contribution is 2.24. The van der Waals surface area contributed by atoms with Crippen LogP contribution in [-0.4, -0.2) is 28.8 Å². The normalized spacial score (nSPS) is 19.4. The maximum absolute atomic E-state index is 12.4. The van der Waals surface area contributed by atoms with Crippen molar-refractivity contribution in [2.45, 2.75) is 51.7 Å². The highest BCUT2D eigenvalue weighted by atomic mass is 79.9. The number of rotatable bonds is 6. The van der Waals surface area contributed by atoms with E-state index in [0.29, 0.717) is 6.54 Å². The Morgan fingerprint density at radius 2 is 2.15 bits per heavy atom. The number of hydrogen-bond acceptors (Lipinski definition) is 4. The largest absolute Gasteiger partial charge is 0.300 e. The van der Waals surface area contributed by atoms with Gasteiger partial charge in [-0.25, -0.2) is 0 Å². The number of imide groups is 1. The Morgan fingerprint density at radius 3 is 2.70 bits per heavy atom. The van der Waals surface area contributed by atoms with Crippen molar-refractivity contribution in [3.63, 3.8) is 0 Å². The number of hydrogen-bond donors (Lipinski definition) is 1. The maximum atomic E-state index is 12.4. The molecule has 1 aromatic heterocycles. The molecule has 0 radical (unpaired) electrons. The zero-order chi connectivity index (χ0) is 14.7. The Labute approximate surface area is 131 Å². The predicted octanol–water partition coefficient (Wildman–Crippen LogP) is 2.92. The summed E-state index contributed by atoms with van der Waals surface area (Å²) >= 11 is 5.10. The van der Waals surface area contributed by atoms with Crippen molar-refractivity contribution < 1.29 is 9.59 Å². The number of carbonyl (C=O) groups excluding carboxylic acids is 2. The molecule has 0 aliphatic carbocycles. The second kappa shape index (κ2) is 6.83. The van der Waals surface area contributed by atoms with Gasteiger partial charge in [0.15, 0.2) is 0 Å². The minimum absolute atomic E-state index is 0.0373. The van der Waals surface area contributed by atoms with E-state index in [1.165, 1.54) is 4.90 Å². The lowest BCUT2D eigenvalue weighted by molar-refractivity contribution is -0.141. The third-order valence-electron chi connectivity index (χ3n) is 3.69. The molecule has 110 valence electrons. The van der Waals surface area contributed by atoms with Gasteiger partial charge in [-0.15, -0.1) is 11.3 Å². The van der Waals surface area contributed by atoms with Crippen LogP contribution < -0.4 is 5.32 Å². The zero-order valence-electron chi connectivity index (χ0n) is 11.7. The van der Waals surface area contributed by atoms with E-state index in [2.05, 4.69) is 21.2 Å². The number of halogens is 1. The van der Waals surface area contributed by atoms with Gasteiger partial charge in [0.1, 0.15) is 0 Å². The summed E-state index contributed by atoms with van der Waals surface area (Å²) in [6, 6.07) is 1.65. The lowest BCUT2D eigenvalue weighted by Gasteiger charge is -2.24. The fourth-order valence-electron chi connectivity index (χ4n) is 2.52. The smallest absolute Gasteiger partial charge is 0.247 e. The number of nitrogens with zero attached hydrogens (tertiary/aromatic N) is 1. The van der Waals surface area contributed by atoms with Crippen LogP contribution in [0.15, 0.2) is 15.9 Å². The van der Waals surface area contributed by atoms with E-state index >= 15 is 0 Å². The number of nitrogens with one attached hydrogen (secondary N) is 1. The van der Waals surface area contributed by atoms with Crippen LogP contribution in [0.1, 0.15) is 38.0 Å². The summed E-state index contributed by atoms with van der Waals surface area (Å²) in [6.07, 6.45) is 1.91. The molecule has 1 unspecified atom stereocenters. The monoisotopic (exact) mass is 358 g/mol. The Hall–Kier alpha value is -0.720. The van der Waals surface area contributed by atoms with Crippen LogP contribution in [0.25, 0.3) is 0 Å². The van der Waals surface area contributed by atoms with E-state index in [-0.39, 0.29) is 30.3 Å². The Kier molecular flexibility index (Phi) is 5.35. The first-order valence-electron chi connectivity index (χ1n) is 6.89. The molecule has 2 rings (SSSR count). The highest BCUT2D eigenvalue weighted by molar-refractivity contribution is 9.10. The molecule has 1 fully saturated rings. The Morgan fingerprint density at radius 1 is 1.45 bits per heavy atom. The van der Waals surface area contributed by atoms with Crippen LogP contribution in [0.2, 0.25) is 0 Å². The van der Waals surface area contributed by atoms with Crippen LogP contribution in [0.4, 0.5) is 0 Å². The first-order chi connectivity index (χ1) is 9.58. The number of thiophene rings is 1. The summed E-state index contributed by atoms with van der Waals surface area (Å²) in [5.74, 6) is -0.122. The zero-order valence-corrected chi connectivity index (χ0v) is 14.1. The molecule has 0 saturated carbocycles. The first-order valence-corrected chi connectivity index (χ1v) is 8.56. The number of likely N-dealkylation sites (tertiary alicyclic amines) is 1. The average molecular weight is 359 g/mol. The summed E-state index contributed by atoms with van der Waals surface area (Å²) in [7, 11) is 0. The summed E-state index contributed by atoms with van der Waals surface area (Å²) in [4.78, 5) is 27.0. The van der Waals surface area contributed by atoms with Gasteiger partial charge in [-0.3, -0.25) is 14.5 Å². The lowest BCUT2D eigenvalue weighted by atomic mass is 10.1. The summed E-state index contributed by atoms with van der Waals surface area (Å²) in [5, 5.41) is 5.21. The second-order valence-electron chi connectivity index (χ2n) is 4.90. The van der Waals surface area contributed by atoms with Gasteiger partial charge in [-0.05, 0) is 40.2 Å². The predicted molar refractivity (Wildman–Crippen MR) is 83.5 cm³/mol. The molecule has 1 saturated heterocycles. The third kappa shape index (κ3) is 3.13. The van der Waals surface area contributed by atoms with Crippen molar-refractivity contribution in [2.75, 3.05) is 0 Å². The minimum atomic E-state index is -0.378. The topological polar surface area (TPSA) is 49.4 Å². The van der Waals surface area contributed by atoms with Gasteiger partial charge < -0.3 is 5.32 Å². The van der Waals surface area contributed by atoms with Gasteiger partial charge in [0.2, 0.25) is 11.8 Å². The first kappa shape index (κ1) is 15.7. The van der Waals surface area contributed by atoms with E-state index in [0.717, 1.165) is 22.2 Å². The van der Waals surface area contributed by atoms with Gasteiger partial charge in [0.25, 0.3) is 0 Å². The van der Waals surface area contributed by atoms with Crippen LogP contribution in [0.3, 0.4) is 0 Å². The van der Waals surface area contributed by atoms with Crippen molar-refractivity contribution in [3.05, 3.63) is 20.8 Å². The quantitative estimate of drug-likeness (QED) is 0.795. The molecule has 0 bridgehead atoms. The molecule has 1 aliphatic heterocycles. The van der Waals surface area contributed by atoms with E-state index in [1.807, 2.05) is 25.3 Å². The van der Waals surface area contributed by atoms with Gasteiger partial charge in [0.05, 0.1) is 12.5 Å². The SMILES string of the molecule is CCC(CC)N1C(=O)CC(NCc2sccc2Br)C1=O. The molecule has 4 nitrogen and oxygen atoms in total. The van der Waals surface area contributed by atoms with E-state index in [4.69, 9.17) is 0 Å². The van der Waals surface area contributed by atoms with Gasteiger partial charge >= 0.3 is 0 Å². The third-order valence-corrected chi connectivity index (χ3v) is 5.62. The lowest BCUT2D eigenvalue weighted by Crippen LogP contribution is -2.43. The molecule has 1 N–H and O–H groups in total. The molecular weight excluding hydrogens is 340 g/mol. The van der Waals surface area contributed by atoms with Crippen LogP contribution in [0, 0.1) is 0 Å². The molecule has 0 spiro atoms. The highest BCUT2D eigenvalue weighted by Gasteiger charge is 2.41. The maximum Gasteiger partial charge on any atom is 0.247 e. The number of amides is 2. The van der Waals surface area contributed by atoms with Gasteiger partial charge in [0, 0.05) is 21.9 Å². The average Bonchev–Trinajstić information content (AvgIpc) is 2.95. The van der Waals surface area contributed by atoms with Crippen LogP contribution in [0.5, 0.6) is 0 Å². The van der Waals surface area contributed by atoms with Crippen molar-refractivity contribution in [3.8, 4) is 0 Å². The summed E-state index contributed by atoms with van der Waals surface area (Å²) < 4.78 is 1.05. The second-order valence-corrected chi connectivity index (χ2v) is 6.76. The molecule has 2 heterocycles. The van der Waals surface area contributed by atoms with E-state index in [9.17, 15) is 9.59 Å². The Balaban J connectivity index is 1.99. The minimum Gasteiger partial charge on any atom is -0.300 e. The number of carbonyl (C=O) groups is 2. The fraction of sp³-hybridized carbons (Fsp3) is 0.571. The van der Waals surface area contributed by atoms with Crippen molar-refractivity contribution in [1.29, 1.82) is 0 Å². The molecular formula is C14H19BrN2O2S. The van der Waals surface area contributed by atoms with E-state index < -0.39 is 0 Å². The van der Waals surface area contributed by atoms with Crippen LogP contribution in [-0.2, 0) is 16.1 Å².